The van der Waals surface area contributed by atoms with Crippen LogP contribution in [0.5, 0.6) is 0 Å². The van der Waals surface area contributed by atoms with E-state index in [1.165, 1.54) is 18.5 Å². The molecule has 2 rings (SSSR count). The van der Waals surface area contributed by atoms with Crippen LogP contribution < -0.4 is 5.32 Å². The molecule has 18 heavy (non-hydrogen) atoms. The van der Waals surface area contributed by atoms with Crippen LogP contribution in [0.1, 0.15) is 18.1 Å². The quantitative estimate of drug-likeness (QED) is 0.901. The maximum absolute atomic E-state index is 13.1. The molecule has 0 aliphatic heterocycles. The van der Waals surface area contributed by atoms with Crippen molar-refractivity contribution in [3.05, 3.63) is 41.5 Å². The smallest absolute Gasteiger partial charge is 0.132 e. The molecule has 0 aliphatic carbocycles. The van der Waals surface area contributed by atoms with Gasteiger partial charge >= 0.3 is 0 Å². The minimum atomic E-state index is -0.227. The fraction of sp³-hybridized carbons (Fsp3) is 0.286. The second-order valence-corrected chi connectivity index (χ2v) is 4.19. The zero-order valence-corrected chi connectivity index (χ0v) is 10.8. The summed E-state index contributed by atoms with van der Waals surface area (Å²) in [6.07, 6.45) is 1.53. The summed E-state index contributed by atoms with van der Waals surface area (Å²) >= 11 is 0. The minimum absolute atomic E-state index is 0.227. The van der Waals surface area contributed by atoms with Gasteiger partial charge in [-0.2, -0.15) is 0 Å². The lowest BCUT2D eigenvalue weighted by Gasteiger charge is -2.12. The number of nitrogens with zero attached hydrogens (tertiary/aromatic N) is 2. The largest absolute Gasteiger partial charge is 0.370 e. The number of anilines is 1. The molecule has 0 saturated heterocycles. The van der Waals surface area contributed by atoms with Gasteiger partial charge in [-0.1, -0.05) is 0 Å². The van der Waals surface area contributed by atoms with Crippen molar-refractivity contribution < 1.29 is 4.39 Å². The predicted octanol–water partition coefficient (Wildman–Crippen LogP) is 3.33. The van der Waals surface area contributed by atoms with Crippen molar-refractivity contribution in [2.45, 2.75) is 20.8 Å². The van der Waals surface area contributed by atoms with E-state index in [0.717, 1.165) is 34.7 Å². The Bertz CT molecular complexity index is 567. The summed E-state index contributed by atoms with van der Waals surface area (Å²) < 4.78 is 13.1. The van der Waals surface area contributed by atoms with Gasteiger partial charge in [-0.15, -0.1) is 0 Å². The van der Waals surface area contributed by atoms with Crippen LogP contribution >= 0.6 is 0 Å². The van der Waals surface area contributed by atoms with Crippen LogP contribution in [0.2, 0.25) is 0 Å². The van der Waals surface area contributed by atoms with E-state index in [0.29, 0.717) is 0 Å². The van der Waals surface area contributed by atoms with E-state index in [1.54, 1.807) is 6.07 Å². The second-order valence-electron chi connectivity index (χ2n) is 4.19. The zero-order valence-electron chi connectivity index (χ0n) is 10.8. The monoisotopic (exact) mass is 245 g/mol. The van der Waals surface area contributed by atoms with Crippen molar-refractivity contribution in [3.8, 4) is 11.3 Å². The summed E-state index contributed by atoms with van der Waals surface area (Å²) in [5.74, 6) is 0.598. The first-order valence-electron chi connectivity index (χ1n) is 5.95. The first-order chi connectivity index (χ1) is 8.63. The van der Waals surface area contributed by atoms with E-state index in [-0.39, 0.29) is 5.82 Å². The van der Waals surface area contributed by atoms with Crippen LogP contribution in [-0.2, 0) is 0 Å². The number of aromatic nitrogens is 2. The number of halogens is 1. The van der Waals surface area contributed by atoms with Gasteiger partial charge in [0.1, 0.15) is 18.0 Å². The predicted molar refractivity (Wildman–Crippen MR) is 71.1 cm³/mol. The number of nitrogens with one attached hydrogen (secondary N) is 1. The van der Waals surface area contributed by atoms with Crippen molar-refractivity contribution >= 4 is 5.82 Å². The molecule has 0 fully saturated rings. The van der Waals surface area contributed by atoms with Crippen LogP contribution in [0, 0.1) is 19.7 Å². The van der Waals surface area contributed by atoms with E-state index in [2.05, 4.69) is 15.3 Å². The summed E-state index contributed by atoms with van der Waals surface area (Å²) in [6, 6.07) is 4.73. The maximum Gasteiger partial charge on any atom is 0.132 e. The third-order valence-electron chi connectivity index (χ3n) is 2.87. The molecule has 0 amide bonds. The molecule has 1 heterocycles. The molecule has 0 atom stereocenters. The van der Waals surface area contributed by atoms with Crippen LogP contribution in [-0.4, -0.2) is 16.5 Å². The second kappa shape index (κ2) is 5.12. The third kappa shape index (κ3) is 2.32. The van der Waals surface area contributed by atoms with Gasteiger partial charge in [0.2, 0.25) is 0 Å². The summed E-state index contributed by atoms with van der Waals surface area (Å²) in [7, 11) is 0. The first-order valence-corrected chi connectivity index (χ1v) is 5.95. The molecule has 0 saturated carbocycles. The zero-order chi connectivity index (χ0) is 13.1. The summed E-state index contributed by atoms with van der Waals surface area (Å²) in [5.41, 5.74) is 3.64. The molecular formula is C14H16FN3. The van der Waals surface area contributed by atoms with Crippen molar-refractivity contribution in [1.29, 1.82) is 0 Å². The molecule has 4 heteroatoms. The van der Waals surface area contributed by atoms with Crippen molar-refractivity contribution in [2.24, 2.45) is 0 Å². The van der Waals surface area contributed by atoms with E-state index < -0.39 is 0 Å². The van der Waals surface area contributed by atoms with E-state index in [1.807, 2.05) is 20.8 Å². The van der Waals surface area contributed by atoms with Gasteiger partial charge in [0.25, 0.3) is 0 Å². The van der Waals surface area contributed by atoms with Crippen molar-refractivity contribution in [2.75, 3.05) is 11.9 Å². The molecule has 1 N–H and O–H groups in total. The Morgan fingerprint density at radius 3 is 2.67 bits per heavy atom. The summed E-state index contributed by atoms with van der Waals surface area (Å²) in [4.78, 5) is 8.51. The van der Waals surface area contributed by atoms with Crippen molar-refractivity contribution in [1.82, 2.24) is 9.97 Å². The number of aryl methyl sites for hydroxylation is 1. The molecule has 94 valence electrons. The minimum Gasteiger partial charge on any atom is -0.370 e. The van der Waals surface area contributed by atoms with E-state index in [4.69, 9.17) is 0 Å². The Balaban J connectivity index is 2.53. The third-order valence-corrected chi connectivity index (χ3v) is 2.87. The highest BCUT2D eigenvalue weighted by atomic mass is 19.1. The normalized spacial score (nSPS) is 10.4. The number of rotatable bonds is 3. The van der Waals surface area contributed by atoms with Gasteiger partial charge < -0.3 is 5.32 Å². The molecule has 2 aromatic rings. The van der Waals surface area contributed by atoms with Crippen molar-refractivity contribution in [3.63, 3.8) is 0 Å². The van der Waals surface area contributed by atoms with E-state index in [9.17, 15) is 4.39 Å². The highest BCUT2D eigenvalue weighted by molar-refractivity contribution is 5.70. The summed E-state index contributed by atoms with van der Waals surface area (Å²) in [6.45, 7) is 6.67. The Kier molecular flexibility index (Phi) is 3.55. The fourth-order valence-electron chi connectivity index (χ4n) is 1.96. The average molecular weight is 245 g/mol. The Hall–Kier alpha value is -1.97. The van der Waals surface area contributed by atoms with Gasteiger partial charge in [0.15, 0.2) is 0 Å². The number of hydrogen-bond donors (Lipinski definition) is 1. The van der Waals surface area contributed by atoms with Gasteiger partial charge in [0, 0.05) is 17.7 Å². The molecule has 1 aromatic carbocycles. The number of hydrogen-bond acceptors (Lipinski definition) is 3. The topological polar surface area (TPSA) is 37.8 Å². The molecule has 1 aromatic heterocycles. The SMILES string of the molecule is CCNc1ncnc(-c2ccc(F)cc2C)c1C. The molecule has 0 spiro atoms. The average Bonchev–Trinajstić information content (AvgIpc) is 2.33. The lowest BCUT2D eigenvalue weighted by molar-refractivity contribution is 0.627. The van der Waals surface area contributed by atoms with Crippen LogP contribution in [0.25, 0.3) is 11.3 Å². The molecule has 0 unspecified atom stereocenters. The highest BCUT2D eigenvalue weighted by Gasteiger charge is 2.11. The Morgan fingerprint density at radius 2 is 2.00 bits per heavy atom. The lowest BCUT2D eigenvalue weighted by atomic mass is 10.0. The Labute approximate surface area is 106 Å². The Morgan fingerprint density at radius 1 is 1.22 bits per heavy atom. The van der Waals surface area contributed by atoms with Gasteiger partial charge in [-0.05, 0) is 44.5 Å². The fourth-order valence-corrected chi connectivity index (χ4v) is 1.96. The van der Waals surface area contributed by atoms with Gasteiger partial charge in [0.05, 0.1) is 5.69 Å². The van der Waals surface area contributed by atoms with Crippen LogP contribution in [0.4, 0.5) is 10.2 Å². The highest BCUT2D eigenvalue weighted by Crippen LogP contribution is 2.27. The summed E-state index contributed by atoms with van der Waals surface area (Å²) in [5, 5.41) is 3.19. The molecule has 0 bridgehead atoms. The molecule has 0 aliphatic rings. The molecule has 0 radical (unpaired) electrons. The van der Waals surface area contributed by atoms with E-state index >= 15 is 0 Å². The first kappa shape index (κ1) is 12.5. The standard InChI is InChI=1S/C14H16FN3/c1-4-16-14-10(3)13(17-8-18-14)12-6-5-11(15)7-9(12)2/h5-8H,4H2,1-3H3,(H,16,17,18). The molecular weight excluding hydrogens is 229 g/mol. The van der Waals surface area contributed by atoms with Gasteiger partial charge in [-0.3, -0.25) is 0 Å². The van der Waals surface area contributed by atoms with Crippen LogP contribution in [0.3, 0.4) is 0 Å². The maximum atomic E-state index is 13.1. The van der Waals surface area contributed by atoms with Crippen LogP contribution in [0.15, 0.2) is 24.5 Å². The number of benzene rings is 1. The van der Waals surface area contributed by atoms with Gasteiger partial charge in [-0.25, -0.2) is 14.4 Å². The lowest BCUT2D eigenvalue weighted by Crippen LogP contribution is -2.04. The molecule has 3 nitrogen and oxygen atoms in total.